The Labute approximate surface area is 95.6 Å². The molecule has 16 heavy (non-hydrogen) atoms. The lowest BCUT2D eigenvalue weighted by atomic mass is 9.89. The smallest absolute Gasteiger partial charge is 0.314 e. The van der Waals surface area contributed by atoms with E-state index in [1.54, 1.807) is 0 Å². The molecule has 1 aliphatic rings. The molecule has 1 aliphatic carbocycles. The second kappa shape index (κ2) is 5.72. The quantitative estimate of drug-likeness (QED) is 0.664. The molecule has 0 aromatic heterocycles. The zero-order valence-corrected chi connectivity index (χ0v) is 9.71. The molecular formula is C11H20N2O3. The molecule has 1 saturated carbocycles. The molecule has 92 valence electrons. The fourth-order valence-corrected chi connectivity index (χ4v) is 2.04. The van der Waals surface area contributed by atoms with Crippen molar-refractivity contribution >= 4 is 12.0 Å². The lowest BCUT2D eigenvalue weighted by Gasteiger charge is -2.23. The molecule has 0 spiro atoms. The Balaban J connectivity index is 2.12. The Bertz CT molecular complexity index is 260. The van der Waals surface area contributed by atoms with Gasteiger partial charge in [0.05, 0.1) is 6.42 Å². The summed E-state index contributed by atoms with van der Waals surface area (Å²) in [6, 6.07) is -0.269. The molecule has 0 aromatic rings. The van der Waals surface area contributed by atoms with Crippen LogP contribution < -0.4 is 10.6 Å². The van der Waals surface area contributed by atoms with Crippen molar-refractivity contribution < 1.29 is 14.7 Å². The second-order valence-corrected chi connectivity index (χ2v) is 4.77. The first kappa shape index (κ1) is 12.8. The van der Waals surface area contributed by atoms with E-state index in [2.05, 4.69) is 17.6 Å². The zero-order valence-electron chi connectivity index (χ0n) is 9.71. The normalized spacial score (nSPS) is 18.1. The Morgan fingerprint density at radius 2 is 1.88 bits per heavy atom. The molecule has 0 unspecified atom stereocenters. The minimum atomic E-state index is -0.900. The third-order valence-electron chi connectivity index (χ3n) is 3.11. The molecular weight excluding hydrogens is 208 g/mol. The number of hydrogen-bond donors (Lipinski definition) is 3. The molecule has 1 rings (SSSR count). The fraction of sp³-hybridized carbons (Fsp3) is 0.818. The first-order valence-electron chi connectivity index (χ1n) is 5.75. The van der Waals surface area contributed by atoms with Gasteiger partial charge in [-0.25, -0.2) is 4.79 Å². The van der Waals surface area contributed by atoms with Crippen LogP contribution in [0.25, 0.3) is 0 Å². The number of urea groups is 1. The van der Waals surface area contributed by atoms with Gasteiger partial charge in [0.25, 0.3) is 0 Å². The predicted molar refractivity (Wildman–Crippen MR) is 60.2 cm³/mol. The van der Waals surface area contributed by atoms with Gasteiger partial charge in [-0.05, 0) is 18.3 Å². The van der Waals surface area contributed by atoms with E-state index in [4.69, 9.17) is 5.11 Å². The number of amides is 2. The summed E-state index contributed by atoms with van der Waals surface area (Å²) >= 11 is 0. The largest absolute Gasteiger partial charge is 0.481 e. The minimum absolute atomic E-state index is 0.0370. The van der Waals surface area contributed by atoms with Crippen molar-refractivity contribution in [3.05, 3.63) is 0 Å². The van der Waals surface area contributed by atoms with Crippen molar-refractivity contribution in [1.82, 2.24) is 10.6 Å². The van der Waals surface area contributed by atoms with E-state index >= 15 is 0 Å². The summed E-state index contributed by atoms with van der Waals surface area (Å²) < 4.78 is 0. The van der Waals surface area contributed by atoms with Crippen LogP contribution in [-0.2, 0) is 4.79 Å². The first-order chi connectivity index (χ1) is 7.52. The van der Waals surface area contributed by atoms with Crippen molar-refractivity contribution in [3.63, 3.8) is 0 Å². The van der Waals surface area contributed by atoms with Crippen molar-refractivity contribution in [2.75, 3.05) is 13.1 Å². The van der Waals surface area contributed by atoms with Crippen LogP contribution in [0, 0.1) is 5.41 Å². The molecule has 0 aliphatic heterocycles. The van der Waals surface area contributed by atoms with Crippen molar-refractivity contribution in [3.8, 4) is 0 Å². The Kier molecular flexibility index (Phi) is 4.58. The van der Waals surface area contributed by atoms with Crippen LogP contribution in [0.15, 0.2) is 0 Å². The van der Waals surface area contributed by atoms with E-state index in [-0.39, 0.29) is 24.4 Å². The first-order valence-corrected chi connectivity index (χ1v) is 5.75. The summed E-state index contributed by atoms with van der Waals surface area (Å²) in [6.45, 7) is 3.03. The number of aliphatic carboxylic acids is 1. The van der Waals surface area contributed by atoms with Crippen LogP contribution in [0.4, 0.5) is 4.79 Å². The van der Waals surface area contributed by atoms with E-state index in [1.807, 2.05) is 0 Å². The van der Waals surface area contributed by atoms with E-state index in [0.717, 1.165) is 12.8 Å². The SMILES string of the molecule is CC1(CNC(=O)NCCC(=O)O)CCCC1. The molecule has 0 aromatic carbocycles. The third kappa shape index (κ3) is 4.51. The lowest BCUT2D eigenvalue weighted by molar-refractivity contribution is -0.136. The van der Waals surface area contributed by atoms with Crippen molar-refractivity contribution in [2.45, 2.75) is 39.0 Å². The van der Waals surface area contributed by atoms with E-state index in [9.17, 15) is 9.59 Å². The van der Waals surface area contributed by atoms with Crippen LogP contribution >= 0.6 is 0 Å². The number of rotatable bonds is 5. The Hall–Kier alpha value is -1.26. The number of carboxylic acid groups (broad SMARTS) is 1. The molecule has 5 heteroatoms. The highest BCUT2D eigenvalue weighted by Crippen LogP contribution is 2.36. The van der Waals surface area contributed by atoms with Gasteiger partial charge >= 0.3 is 12.0 Å². The summed E-state index contributed by atoms with van der Waals surface area (Å²) in [5.74, 6) is -0.900. The average Bonchev–Trinajstić information content (AvgIpc) is 2.62. The van der Waals surface area contributed by atoms with E-state index in [0.29, 0.717) is 6.54 Å². The summed E-state index contributed by atoms with van der Waals surface area (Å²) in [5, 5.41) is 13.7. The maximum Gasteiger partial charge on any atom is 0.314 e. The molecule has 0 radical (unpaired) electrons. The van der Waals surface area contributed by atoms with Gasteiger partial charge in [-0.3, -0.25) is 4.79 Å². The molecule has 0 atom stereocenters. The van der Waals surface area contributed by atoms with Gasteiger partial charge in [0.1, 0.15) is 0 Å². The van der Waals surface area contributed by atoms with Gasteiger partial charge < -0.3 is 15.7 Å². The van der Waals surface area contributed by atoms with Crippen LogP contribution in [0.3, 0.4) is 0 Å². The van der Waals surface area contributed by atoms with Gasteiger partial charge in [0, 0.05) is 13.1 Å². The third-order valence-corrected chi connectivity index (χ3v) is 3.11. The number of carboxylic acids is 1. The minimum Gasteiger partial charge on any atom is -0.481 e. The average molecular weight is 228 g/mol. The number of carbonyl (C=O) groups is 2. The predicted octanol–water partition coefficient (Wildman–Crippen LogP) is 1.34. The Morgan fingerprint density at radius 1 is 1.25 bits per heavy atom. The molecule has 1 fully saturated rings. The van der Waals surface area contributed by atoms with Gasteiger partial charge in [-0.15, -0.1) is 0 Å². The highest BCUT2D eigenvalue weighted by Gasteiger charge is 2.28. The fourth-order valence-electron chi connectivity index (χ4n) is 2.04. The zero-order chi connectivity index (χ0) is 12.0. The van der Waals surface area contributed by atoms with Crippen LogP contribution in [0.2, 0.25) is 0 Å². The maximum atomic E-state index is 11.3. The number of hydrogen-bond acceptors (Lipinski definition) is 2. The molecule has 0 heterocycles. The summed E-state index contributed by atoms with van der Waals surface area (Å²) in [5.41, 5.74) is 0.226. The van der Waals surface area contributed by atoms with Crippen LogP contribution in [0.1, 0.15) is 39.0 Å². The van der Waals surface area contributed by atoms with Crippen molar-refractivity contribution in [1.29, 1.82) is 0 Å². The number of nitrogens with one attached hydrogen (secondary N) is 2. The van der Waals surface area contributed by atoms with Gasteiger partial charge in [-0.1, -0.05) is 19.8 Å². The number of carbonyl (C=O) groups excluding carboxylic acids is 1. The topological polar surface area (TPSA) is 78.4 Å². The highest BCUT2D eigenvalue weighted by molar-refractivity contribution is 5.75. The highest BCUT2D eigenvalue weighted by atomic mass is 16.4. The summed E-state index contributed by atoms with van der Waals surface area (Å²) in [7, 11) is 0. The van der Waals surface area contributed by atoms with Gasteiger partial charge in [-0.2, -0.15) is 0 Å². The molecule has 0 bridgehead atoms. The molecule has 0 saturated heterocycles. The van der Waals surface area contributed by atoms with Gasteiger partial charge in [0.2, 0.25) is 0 Å². The standard InChI is InChI=1S/C11H20N2O3/c1-11(5-2-3-6-11)8-13-10(16)12-7-4-9(14)15/h2-8H2,1H3,(H,14,15)(H2,12,13,16). The monoisotopic (exact) mass is 228 g/mol. The summed E-state index contributed by atoms with van der Waals surface area (Å²) in [6.07, 6.45) is 4.74. The van der Waals surface area contributed by atoms with Crippen LogP contribution in [-0.4, -0.2) is 30.2 Å². The molecule has 5 nitrogen and oxygen atoms in total. The van der Waals surface area contributed by atoms with Crippen molar-refractivity contribution in [2.24, 2.45) is 5.41 Å². The van der Waals surface area contributed by atoms with Crippen LogP contribution in [0.5, 0.6) is 0 Å². The van der Waals surface area contributed by atoms with E-state index in [1.165, 1.54) is 12.8 Å². The van der Waals surface area contributed by atoms with Gasteiger partial charge in [0.15, 0.2) is 0 Å². The summed E-state index contributed by atoms with van der Waals surface area (Å²) in [4.78, 5) is 21.5. The van der Waals surface area contributed by atoms with E-state index < -0.39 is 5.97 Å². The maximum absolute atomic E-state index is 11.3. The lowest BCUT2D eigenvalue weighted by Crippen LogP contribution is -2.41. The molecule has 3 N–H and O–H groups in total. The Morgan fingerprint density at radius 3 is 2.44 bits per heavy atom. The molecule has 2 amide bonds. The second-order valence-electron chi connectivity index (χ2n) is 4.77.